The number of hydrazine groups is 1. The van der Waals surface area contributed by atoms with Crippen molar-refractivity contribution in [1.29, 1.82) is 0 Å². The summed E-state index contributed by atoms with van der Waals surface area (Å²) in [4.78, 5) is 38.0. The monoisotopic (exact) mass is 432 g/mol. The molecule has 3 aromatic carbocycles. The lowest BCUT2D eigenvalue weighted by atomic mass is 10.1. The van der Waals surface area contributed by atoms with E-state index in [9.17, 15) is 14.4 Å². The van der Waals surface area contributed by atoms with E-state index in [1.807, 2.05) is 36.4 Å². The van der Waals surface area contributed by atoms with Gasteiger partial charge in [0.15, 0.2) is 5.78 Å². The molecule has 0 radical (unpaired) electrons. The van der Waals surface area contributed by atoms with Crippen LogP contribution in [0, 0.1) is 0 Å². The maximum atomic E-state index is 12.9. The molecule has 3 rings (SSSR count). The second-order valence-electron chi connectivity index (χ2n) is 6.99. The zero-order valence-electron chi connectivity index (χ0n) is 17.6. The molecular weight excluding hydrogens is 408 g/mol. The fraction of sp³-hybridized carbons (Fsp3) is 0.160. The Morgan fingerprint density at radius 3 is 1.75 bits per heavy atom. The Kier molecular flexibility index (Phi) is 7.97. The summed E-state index contributed by atoms with van der Waals surface area (Å²) in [5.41, 5.74) is 4.31. The second kappa shape index (κ2) is 11.3. The molecule has 0 fully saturated rings. The average molecular weight is 432 g/mol. The van der Waals surface area contributed by atoms with Gasteiger partial charge in [0, 0.05) is 5.56 Å². The first-order valence-corrected chi connectivity index (χ1v) is 10.1. The van der Waals surface area contributed by atoms with Crippen LogP contribution >= 0.6 is 0 Å². The highest BCUT2D eigenvalue weighted by molar-refractivity contribution is 6.01. The van der Waals surface area contributed by atoms with Gasteiger partial charge in [-0.3, -0.25) is 4.79 Å². The van der Waals surface area contributed by atoms with E-state index in [4.69, 9.17) is 9.47 Å². The number of Topliss-reactive ketones (excluding diaryl/α,β-unsaturated/α-hetero) is 1. The number of benzene rings is 3. The van der Waals surface area contributed by atoms with Crippen LogP contribution in [-0.2, 0) is 22.7 Å². The number of nitrogens with zero attached hydrogens (tertiary/aromatic N) is 1. The topological polar surface area (TPSA) is 84.9 Å². The molecule has 164 valence electrons. The standard InChI is InChI=1S/C25H24N2O5/c1-19(23(28)22-15-9-4-10-16-22)27(25(30)32-18-21-13-7-3-8-14-21)26-24(29)31-17-20-11-5-2-6-12-20/h2-16,19H,17-18H2,1H3,(H,26,29)/t19-/m0/s1. The van der Waals surface area contributed by atoms with Crippen molar-refractivity contribution in [2.45, 2.75) is 26.2 Å². The highest BCUT2D eigenvalue weighted by Gasteiger charge is 2.30. The van der Waals surface area contributed by atoms with E-state index in [1.165, 1.54) is 6.92 Å². The summed E-state index contributed by atoms with van der Waals surface area (Å²) in [6, 6.07) is 25.7. The predicted octanol–water partition coefficient (Wildman–Crippen LogP) is 4.74. The van der Waals surface area contributed by atoms with Crippen molar-refractivity contribution in [3.8, 4) is 0 Å². The molecule has 0 aliphatic carbocycles. The summed E-state index contributed by atoms with van der Waals surface area (Å²) in [7, 11) is 0. The highest BCUT2D eigenvalue weighted by Crippen LogP contribution is 2.11. The van der Waals surface area contributed by atoms with Gasteiger partial charge in [0.2, 0.25) is 0 Å². The van der Waals surface area contributed by atoms with Crippen LogP contribution in [0.4, 0.5) is 9.59 Å². The smallest absolute Gasteiger partial charge is 0.429 e. The maximum Gasteiger partial charge on any atom is 0.429 e. The van der Waals surface area contributed by atoms with Crippen molar-refractivity contribution in [2.75, 3.05) is 0 Å². The molecular formula is C25H24N2O5. The predicted molar refractivity (Wildman–Crippen MR) is 118 cm³/mol. The van der Waals surface area contributed by atoms with Crippen molar-refractivity contribution in [1.82, 2.24) is 10.4 Å². The van der Waals surface area contributed by atoms with Gasteiger partial charge in [-0.15, -0.1) is 0 Å². The number of nitrogens with one attached hydrogen (secondary N) is 1. The molecule has 1 atom stereocenters. The Morgan fingerprint density at radius 2 is 1.22 bits per heavy atom. The Bertz CT molecular complexity index is 1030. The molecule has 0 saturated carbocycles. The van der Waals surface area contributed by atoms with E-state index >= 15 is 0 Å². The molecule has 0 aliphatic heterocycles. The van der Waals surface area contributed by atoms with Crippen LogP contribution in [-0.4, -0.2) is 29.0 Å². The molecule has 0 aromatic heterocycles. The van der Waals surface area contributed by atoms with Gasteiger partial charge in [-0.25, -0.2) is 20.0 Å². The van der Waals surface area contributed by atoms with Crippen LogP contribution in [0.3, 0.4) is 0 Å². The first kappa shape index (κ1) is 22.6. The normalized spacial score (nSPS) is 11.2. The first-order valence-electron chi connectivity index (χ1n) is 10.1. The van der Waals surface area contributed by atoms with E-state index in [0.717, 1.165) is 16.1 Å². The molecule has 3 aromatic rings. The third-order valence-electron chi connectivity index (χ3n) is 4.65. The third kappa shape index (κ3) is 6.43. The molecule has 7 nitrogen and oxygen atoms in total. The Balaban J connectivity index is 1.69. The molecule has 0 spiro atoms. The van der Waals surface area contributed by atoms with Gasteiger partial charge in [-0.2, -0.15) is 0 Å². The fourth-order valence-corrected chi connectivity index (χ4v) is 2.90. The van der Waals surface area contributed by atoms with E-state index in [0.29, 0.717) is 5.56 Å². The largest absolute Gasteiger partial charge is 0.443 e. The molecule has 1 N–H and O–H groups in total. The van der Waals surface area contributed by atoms with Crippen molar-refractivity contribution >= 4 is 18.0 Å². The lowest BCUT2D eigenvalue weighted by Gasteiger charge is -2.27. The van der Waals surface area contributed by atoms with Gasteiger partial charge in [-0.05, 0) is 18.1 Å². The Morgan fingerprint density at radius 1 is 0.750 bits per heavy atom. The van der Waals surface area contributed by atoms with Crippen LogP contribution in [0.1, 0.15) is 28.4 Å². The summed E-state index contributed by atoms with van der Waals surface area (Å²) in [5.74, 6) is -0.356. The first-order chi connectivity index (χ1) is 15.5. The van der Waals surface area contributed by atoms with Crippen molar-refractivity contribution in [3.05, 3.63) is 108 Å². The number of ketones is 1. The number of rotatable bonds is 7. The molecule has 0 saturated heterocycles. The number of hydrogen-bond donors (Lipinski definition) is 1. The molecule has 32 heavy (non-hydrogen) atoms. The number of ether oxygens (including phenoxy) is 2. The Labute approximate surface area is 186 Å². The summed E-state index contributed by atoms with van der Waals surface area (Å²) < 4.78 is 10.5. The van der Waals surface area contributed by atoms with E-state index in [-0.39, 0.29) is 19.0 Å². The zero-order chi connectivity index (χ0) is 22.8. The van der Waals surface area contributed by atoms with Crippen molar-refractivity contribution < 1.29 is 23.9 Å². The highest BCUT2D eigenvalue weighted by atomic mass is 16.6. The van der Waals surface area contributed by atoms with Gasteiger partial charge >= 0.3 is 12.2 Å². The lowest BCUT2D eigenvalue weighted by molar-refractivity contribution is 0.0451. The molecule has 0 heterocycles. The van der Waals surface area contributed by atoms with E-state index in [2.05, 4.69) is 5.43 Å². The number of carbonyl (C=O) groups is 3. The molecule has 0 aliphatic rings. The van der Waals surface area contributed by atoms with Gasteiger partial charge < -0.3 is 9.47 Å². The molecule has 0 unspecified atom stereocenters. The molecule has 0 bridgehead atoms. The minimum atomic E-state index is -1.02. The van der Waals surface area contributed by atoms with Gasteiger partial charge in [0.1, 0.15) is 19.3 Å². The molecule has 7 heteroatoms. The summed E-state index contributed by atoms with van der Waals surface area (Å²) in [6.07, 6.45) is -1.75. The maximum absolute atomic E-state index is 12.9. The number of hydrogen-bond acceptors (Lipinski definition) is 5. The van der Waals surface area contributed by atoms with Gasteiger partial charge in [0.25, 0.3) is 0 Å². The Hall–Kier alpha value is -4.13. The van der Waals surface area contributed by atoms with Gasteiger partial charge in [-0.1, -0.05) is 91.0 Å². The summed E-state index contributed by atoms with van der Waals surface area (Å²) in [6.45, 7) is 1.51. The lowest BCUT2D eigenvalue weighted by Crippen LogP contribution is -2.54. The summed E-state index contributed by atoms with van der Waals surface area (Å²) >= 11 is 0. The van der Waals surface area contributed by atoms with Crippen LogP contribution in [0.5, 0.6) is 0 Å². The van der Waals surface area contributed by atoms with Crippen LogP contribution in [0.2, 0.25) is 0 Å². The van der Waals surface area contributed by atoms with Crippen LogP contribution < -0.4 is 5.43 Å². The quantitative estimate of drug-likeness (QED) is 0.431. The van der Waals surface area contributed by atoms with Crippen molar-refractivity contribution in [2.24, 2.45) is 0 Å². The van der Waals surface area contributed by atoms with E-state index < -0.39 is 18.2 Å². The van der Waals surface area contributed by atoms with Crippen molar-refractivity contribution in [3.63, 3.8) is 0 Å². The SMILES string of the molecule is C[C@@H](C(=O)c1ccccc1)N(NC(=O)OCc1ccccc1)C(=O)OCc1ccccc1. The van der Waals surface area contributed by atoms with Crippen LogP contribution in [0.25, 0.3) is 0 Å². The zero-order valence-corrected chi connectivity index (χ0v) is 17.6. The number of carbonyl (C=O) groups excluding carboxylic acids is 3. The second-order valence-corrected chi connectivity index (χ2v) is 6.99. The van der Waals surface area contributed by atoms with Gasteiger partial charge in [0.05, 0.1) is 0 Å². The number of amides is 2. The average Bonchev–Trinajstić information content (AvgIpc) is 2.85. The van der Waals surface area contributed by atoms with E-state index in [1.54, 1.807) is 54.6 Å². The third-order valence-corrected chi connectivity index (χ3v) is 4.65. The fourth-order valence-electron chi connectivity index (χ4n) is 2.90. The summed E-state index contributed by atoms with van der Waals surface area (Å²) in [5, 5.41) is 0.853. The minimum Gasteiger partial charge on any atom is -0.443 e. The van der Waals surface area contributed by atoms with Crippen LogP contribution in [0.15, 0.2) is 91.0 Å². The minimum absolute atomic E-state index is 0.0108. The molecule has 2 amide bonds.